The lowest BCUT2D eigenvalue weighted by Crippen LogP contribution is -2.23. The van der Waals surface area contributed by atoms with Crippen LogP contribution in [0, 0.1) is 0 Å². The lowest BCUT2D eigenvalue weighted by Gasteiger charge is -2.22. The Morgan fingerprint density at radius 2 is 1.67 bits per heavy atom. The summed E-state index contributed by atoms with van der Waals surface area (Å²) >= 11 is 0. The zero-order valence-corrected chi connectivity index (χ0v) is 16.3. The Morgan fingerprint density at radius 1 is 1.03 bits per heavy atom. The molecule has 1 aliphatic rings. The number of rotatable bonds is 7. The topological polar surface area (TPSA) is 78.1 Å². The van der Waals surface area contributed by atoms with Gasteiger partial charge in [0.05, 0.1) is 19.3 Å². The Balaban J connectivity index is 1.45. The van der Waals surface area contributed by atoms with E-state index < -0.39 is 6.36 Å². The number of nitrogens with one attached hydrogen (secondary N) is 1. The first-order valence-electron chi connectivity index (χ1n) is 9.57. The van der Waals surface area contributed by atoms with E-state index in [1.54, 1.807) is 0 Å². The number of anilines is 1. The number of hydrogen-bond acceptors (Lipinski definition) is 4. The molecule has 1 saturated heterocycles. The number of nitrogens with zero attached hydrogens (tertiary/aromatic N) is 1. The molecule has 3 N–H and O–H groups in total. The fourth-order valence-electron chi connectivity index (χ4n) is 2.90. The Labute approximate surface area is 172 Å². The first kappa shape index (κ1) is 21.9. The fraction of sp³-hybridized carbons (Fsp3) is 0.381. The molecule has 0 radical (unpaired) electrons. The van der Waals surface area contributed by atoms with Crippen molar-refractivity contribution in [3.8, 4) is 5.75 Å². The third-order valence-corrected chi connectivity index (χ3v) is 4.47. The average Bonchev–Trinajstić information content (AvgIpc) is 2.73. The number of benzene rings is 2. The van der Waals surface area contributed by atoms with Crippen LogP contribution in [-0.4, -0.2) is 31.6 Å². The van der Waals surface area contributed by atoms with Crippen molar-refractivity contribution in [1.82, 2.24) is 0 Å². The average molecular weight is 423 g/mol. The van der Waals surface area contributed by atoms with Gasteiger partial charge < -0.3 is 25.3 Å². The molecule has 2 aromatic rings. The van der Waals surface area contributed by atoms with Crippen molar-refractivity contribution < 1.29 is 27.4 Å². The van der Waals surface area contributed by atoms with Crippen LogP contribution in [0.3, 0.4) is 0 Å². The molecular weight excluding hydrogens is 399 g/mol. The van der Waals surface area contributed by atoms with Gasteiger partial charge in [0.25, 0.3) is 0 Å². The van der Waals surface area contributed by atoms with E-state index in [1.807, 2.05) is 24.3 Å². The second-order valence-corrected chi connectivity index (χ2v) is 6.84. The third kappa shape index (κ3) is 7.57. The molecule has 0 aromatic heterocycles. The molecule has 0 atom stereocenters. The summed E-state index contributed by atoms with van der Waals surface area (Å²) in [6.45, 7) is 2.44. The summed E-state index contributed by atoms with van der Waals surface area (Å²) in [4.78, 5) is 4.25. The summed E-state index contributed by atoms with van der Waals surface area (Å²) < 4.78 is 51.6. The predicted molar refractivity (Wildman–Crippen MR) is 107 cm³/mol. The number of aliphatic imine (C=N–C) groups is 1. The van der Waals surface area contributed by atoms with Crippen LogP contribution >= 0.6 is 0 Å². The number of nitrogens with two attached hydrogens (primary N) is 1. The maximum atomic E-state index is 12.2. The van der Waals surface area contributed by atoms with Crippen molar-refractivity contribution in [3.05, 3.63) is 59.7 Å². The maximum absolute atomic E-state index is 12.2. The summed E-state index contributed by atoms with van der Waals surface area (Å²) in [7, 11) is 0. The van der Waals surface area contributed by atoms with E-state index in [9.17, 15) is 13.2 Å². The molecule has 0 spiro atoms. The van der Waals surface area contributed by atoms with Gasteiger partial charge in [-0.3, -0.25) is 0 Å². The Morgan fingerprint density at radius 3 is 2.30 bits per heavy atom. The maximum Gasteiger partial charge on any atom is 0.573 e. The standard InChI is InChI=1S/C21H24F3N3O3/c22-21(23,24)30-19-7-5-17(6-8-19)27-20(25)26-13-15-1-3-16(4-2-15)14-29-18-9-11-28-12-10-18/h1-8,18H,9-14H2,(H3,25,26,27). The van der Waals surface area contributed by atoms with Crippen LogP contribution in [0.4, 0.5) is 18.9 Å². The number of ether oxygens (including phenoxy) is 3. The smallest absolute Gasteiger partial charge is 0.406 e. The molecule has 1 aliphatic heterocycles. The minimum Gasteiger partial charge on any atom is -0.406 e. The monoisotopic (exact) mass is 423 g/mol. The van der Waals surface area contributed by atoms with Crippen LogP contribution in [0.25, 0.3) is 0 Å². The first-order valence-corrected chi connectivity index (χ1v) is 9.57. The molecule has 162 valence electrons. The molecular formula is C21H24F3N3O3. The molecule has 0 saturated carbocycles. The van der Waals surface area contributed by atoms with Crippen LogP contribution < -0.4 is 15.8 Å². The van der Waals surface area contributed by atoms with Gasteiger partial charge >= 0.3 is 6.36 Å². The van der Waals surface area contributed by atoms with Crippen molar-refractivity contribution in [2.24, 2.45) is 10.7 Å². The summed E-state index contributed by atoms with van der Waals surface area (Å²) in [5.41, 5.74) is 8.42. The highest BCUT2D eigenvalue weighted by Gasteiger charge is 2.30. The minimum atomic E-state index is -4.72. The van der Waals surface area contributed by atoms with E-state index in [0.29, 0.717) is 18.8 Å². The fourth-order valence-corrected chi connectivity index (χ4v) is 2.90. The Bertz CT molecular complexity index is 818. The van der Waals surface area contributed by atoms with Crippen molar-refractivity contribution in [1.29, 1.82) is 0 Å². The van der Waals surface area contributed by atoms with Gasteiger partial charge in [0, 0.05) is 18.9 Å². The highest BCUT2D eigenvalue weighted by molar-refractivity contribution is 5.92. The van der Waals surface area contributed by atoms with Crippen LogP contribution in [0.1, 0.15) is 24.0 Å². The van der Waals surface area contributed by atoms with E-state index >= 15 is 0 Å². The van der Waals surface area contributed by atoms with Gasteiger partial charge in [-0.25, -0.2) is 4.99 Å². The van der Waals surface area contributed by atoms with E-state index in [4.69, 9.17) is 15.2 Å². The molecule has 2 aromatic carbocycles. The molecule has 0 amide bonds. The molecule has 0 unspecified atom stereocenters. The number of guanidine groups is 1. The molecule has 0 bridgehead atoms. The van der Waals surface area contributed by atoms with Crippen molar-refractivity contribution in [2.45, 2.75) is 38.5 Å². The molecule has 6 nitrogen and oxygen atoms in total. The van der Waals surface area contributed by atoms with Crippen LogP contribution in [0.5, 0.6) is 5.75 Å². The highest BCUT2D eigenvalue weighted by Crippen LogP contribution is 2.24. The SMILES string of the molecule is NC(=NCc1ccc(COC2CCOCC2)cc1)Nc1ccc(OC(F)(F)F)cc1. The van der Waals surface area contributed by atoms with Gasteiger partial charge in [0.15, 0.2) is 5.96 Å². The molecule has 9 heteroatoms. The number of halogens is 3. The normalized spacial score (nSPS) is 15.8. The highest BCUT2D eigenvalue weighted by atomic mass is 19.4. The van der Waals surface area contributed by atoms with Crippen LogP contribution in [0.2, 0.25) is 0 Å². The van der Waals surface area contributed by atoms with E-state index in [2.05, 4.69) is 15.0 Å². The van der Waals surface area contributed by atoms with E-state index in [0.717, 1.165) is 37.2 Å². The minimum absolute atomic E-state index is 0.159. The van der Waals surface area contributed by atoms with Crippen molar-refractivity contribution in [2.75, 3.05) is 18.5 Å². The van der Waals surface area contributed by atoms with E-state index in [-0.39, 0.29) is 17.8 Å². The predicted octanol–water partition coefficient (Wildman–Crippen LogP) is 4.21. The van der Waals surface area contributed by atoms with Crippen molar-refractivity contribution >= 4 is 11.6 Å². The van der Waals surface area contributed by atoms with Gasteiger partial charge in [-0.05, 0) is 48.2 Å². The second kappa shape index (κ2) is 10.3. The lowest BCUT2D eigenvalue weighted by atomic mass is 10.1. The Kier molecular flexibility index (Phi) is 7.53. The van der Waals surface area contributed by atoms with Gasteiger partial charge in [-0.2, -0.15) is 0 Å². The van der Waals surface area contributed by atoms with Gasteiger partial charge in [0.1, 0.15) is 5.75 Å². The molecule has 1 fully saturated rings. The quantitative estimate of drug-likeness (QED) is 0.515. The Hall–Kier alpha value is -2.78. The zero-order chi connectivity index (χ0) is 21.4. The molecule has 30 heavy (non-hydrogen) atoms. The molecule has 0 aliphatic carbocycles. The third-order valence-electron chi connectivity index (χ3n) is 4.47. The number of alkyl halides is 3. The first-order chi connectivity index (χ1) is 14.4. The number of hydrogen-bond donors (Lipinski definition) is 2. The van der Waals surface area contributed by atoms with Crippen LogP contribution in [0.15, 0.2) is 53.5 Å². The van der Waals surface area contributed by atoms with Crippen molar-refractivity contribution in [3.63, 3.8) is 0 Å². The van der Waals surface area contributed by atoms with Gasteiger partial charge in [0.2, 0.25) is 0 Å². The lowest BCUT2D eigenvalue weighted by molar-refractivity contribution is -0.274. The summed E-state index contributed by atoms with van der Waals surface area (Å²) in [6, 6.07) is 13.2. The molecule has 3 rings (SSSR count). The summed E-state index contributed by atoms with van der Waals surface area (Å²) in [5, 5.41) is 2.83. The van der Waals surface area contributed by atoms with Crippen LogP contribution in [-0.2, 0) is 22.6 Å². The second-order valence-electron chi connectivity index (χ2n) is 6.84. The summed E-state index contributed by atoms with van der Waals surface area (Å²) in [6.07, 6.45) is -2.61. The van der Waals surface area contributed by atoms with E-state index in [1.165, 1.54) is 24.3 Å². The largest absolute Gasteiger partial charge is 0.573 e. The van der Waals surface area contributed by atoms with Gasteiger partial charge in [-0.15, -0.1) is 13.2 Å². The van der Waals surface area contributed by atoms with Gasteiger partial charge in [-0.1, -0.05) is 24.3 Å². The molecule has 1 heterocycles. The summed E-state index contributed by atoms with van der Waals surface area (Å²) in [5.74, 6) is -0.143. The zero-order valence-electron chi connectivity index (χ0n) is 16.3.